The van der Waals surface area contributed by atoms with Crippen molar-refractivity contribution in [3.63, 3.8) is 0 Å². The second kappa shape index (κ2) is 6.13. The van der Waals surface area contributed by atoms with Crippen LogP contribution in [0.5, 0.6) is 0 Å². The predicted molar refractivity (Wildman–Crippen MR) is 51.4 cm³/mol. The van der Waals surface area contributed by atoms with Gasteiger partial charge in [0.2, 0.25) is 0 Å². The summed E-state index contributed by atoms with van der Waals surface area (Å²) in [5.41, 5.74) is -0.904. The molecule has 1 atom stereocenters. The number of nitrogens with zero attached hydrogens (tertiary/aromatic N) is 1. The summed E-state index contributed by atoms with van der Waals surface area (Å²) >= 11 is -2.68. The standard InChI is InChI=1S/C6H5FN2O4S.Na/c7-4-1-2-5(8-14(12)13)6(3-4)9(10)11;/h1-3,8H,(H,12,13);/p-1. The summed E-state index contributed by atoms with van der Waals surface area (Å²) in [4.78, 5) is 9.48. The van der Waals surface area contributed by atoms with E-state index in [2.05, 4.69) is 0 Å². The molecule has 0 aliphatic rings. The van der Waals surface area contributed by atoms with E-state index in [-0.39, 0.29) is 35.2 Å². The Morgan fingerprint density at radius 2 is 2.07 bits per heavy atom. The first kappa shape index (κ1) is 14.5. The van der Waals surface area contributed by atoms with Crippen LogP contribution in [0.25, 0.3) is 0 Å². The van der Waals surface area contributed by atoms with Crippen LogP contribution in [0.15, 0.2) is 18.2 Å². The Labute approximate surface area is 109 Å². The number of rotatable bonds is 3. The predicted octanol–water partition coefficient (Wildman–Crippen LogP) is 0.559. The average Bonchev–Trinajstić information content (AvgIpc) is 2.07. The van der Waals surface area contributed by atoms with Crippen molar-refractivity contribution in [1.29, 1.82) is 0 Å². The van der Waals surface area contributed by atoms with Gasteiger partial charge in [0.05, 0.1) is 11.0 Å². The maximum Gasteiger partial charge on any atom is 0.296 e. The minimum absolute atomic E-state index is 0. The van der Waals surface area contributed by atoms with Gasteiger partial charge in [-0.3, -0.25) is 14.3 Å². The van der Waals surface area contributed by atoms with E-state index in [1.54, 1.807) is 4.72 Å². The van der Waals surface area contributed by atoms with Crippen molar-refractivity contribution < 1.29 is 18.1 Å². The van der Waals surface area contributed by atoms with Crippen LogP contribution in [0.3, 0.4) is 0 Å². The van der Waals surface area contributed by atoms with Gasteiger partial charge >= 0.3 is 0 Å². The van der Waals surface area contributed by atoms with Gasteiger partial charge < -0.3 is 9.27 Å². The molecule has 0 saturated heterocycles. The van der Waals surface area contributed by atoms with E-state index in [4.69, 9.17) is 0 Å². The molecule has 9 heteroatoms. The molecule has 1 rings (SSSR count). The molecule has 0 fully saturated rings. The van der Waals surface area contributed by atoms with Gasteiger partial charge in [0.1, 0.15) is 11.5 Å². The Bertz CT molecular complexity index is 403. The number of benzene rings is 1. The molecule has 77 valence electrons. The number of hydrogen-bond acceptors (Lipinski definition) is 4. The fourth-order valence-electron chi connectivity index (χ4n) is 0.832. The molecule has 1 N–H and O–H groups in total. The van der Waals surface area contributed by atoms with Gasteiger partial charge in [-0.1, -0.05) is 0 Å². The number of halogens is 1. The van der Waals surface area contributed by atoms with Gasteiger partial charge in [-0.15, -0.1) is 0 Å². The number of hydrogen-bond donors (Lipinski definition) is 1. The van der Waals surface area contributed by atoms with Gasteiger partial charge in [0, 0.05) is 40.8 Å². The van der Waals surface area contributed by atoms with Gasteiger partial charge in [-0.05, 0) is 12.1 Å². The molecule has 0 spiro atoms. The summed E-state index contributed by atoms with van der Waals surface area (Å²) in [7, 11) is 0. The molecule has 0 aromatic heterocycles. The van der Waals surface area contributed by atoms with Crippen molar-refractivity contribution in [2.75, 3.05) is 4.72 Å². The first-order valence-corrected chi connectivity index (χ1v) is 4.38. The third-order valence-electron chi connectivity index (χ3n) is 1.35. The fourth-order valence-corrected chi connectivity index (χ4v) is 1.18. The summed E-state index contributed by atoms with van der Waals surface area (Å²) in [6, 6.07) is 2.53. The maximum atomic E-state index is 12.6. The Morgan fingerprint density at radius 3 is 2.53 bits per heavy atom. The van der Waals surface area contributed by atoms with Crippen LogP contribution in [-0.2, 0) is 11.3 Å². The van der Waals surface area contributed by atoms with E-state index in [0.717, 1.165) is 12.1 Å². The second-order valence-corrected chi connectivity index (χ2v) is 2.93. The van der Waals surface area contributed by atoms with Gasteiger partial charge in [0.15, 0.2) is 0 Å². The summed E-state index contributed by atoms with van der Waals surface area (Å²) in [5.74, 6) is -0.807. The second-order valence-electron chi connectivity index (χ2n) is 2.26. The van der Waals surface area contributed by atoms with E-state index < -0.39 is 27.7 Å². The molecular weight excluding hydrogens is 238 g/mol. The largest absolute Gasteiger partial charge is 0.755 e. The molecule has 0 heterocycles. The molecule has 0 aliphatic heterocycles. The quantitative estimate of drug-likeness (QED) is 0.362. The molecule has 0 aliphatic carbocycles. The third-order valence-corrected chi connectivity index (χ3v) is 1.74. The smallest absolute Gasteiger partial charge is 0.296 e. The first-order valence-electron chi connectivity index (χ1n) is 3.30. The molecule has 15 heavy (non-hydrogen) atoms. The summed E-state index contributed by atoms with van der Waals surface area (Å²) < 4.78 is 34.8. The zero-order valence-electron chi connectivity index (χ0n) is 7.60. The van der Waals surface area contributed by atoms with Crippen molar-refractivity contribution in [3.05, 3.63) is 34.1 Å². The third kappa shape index (κ3) is 4.22. The van der Waals surface area contributed by atoms with E-state index in [9.17, 15) is 23.3 Å². The van der Waals surface area contributed by atoms with Crippen LogP contribution in [0.2, 0.25) is 0 Å². The van der Waals surface area contributed by atoms with E-state index in [0.29, 0.717) is 6.07 Å². The molecule has 0 saturated carbocycles. The molecule has 6 nitrogen and oxygen atoms in total. The van der Waals surface area contributed by atoms with Crippen molar-refractivity contribution in [3.8, 4) is 0 Å². The van der Waals surface area contributed by atoms with Crippen LogP contribution in [0.1, 0.15) is 0 Å². The Balaban J connectivity index is 0.00000196. The van der Waals surface area contributed by atoms with E-state index in [1.165, 1.54) is 0 Å². The Kier molecular flexibility index (Phi) is 5.91. The maximum absolute atomic E-state index is 12.6. The van der Waals surface area contributed by atoms with Crippen LogP contribution < -0.4 is 4.72 Å². The SMILES string of the molecule is O=[N+]([O-])c1cc(F)ccc1NS(=O)[O-].[Na]. The summed E-state index contributed by atoms with van der Waals surface area (Å²) in [5, 5.41) is 10.4. The zero-order valence-corrected chi connectivity index (χ0v) is 10.4. The van der Waals surface area contributed by atoms with E-state index in [1.807, 2.05) is 0 Å². The van der Waals surface area contributed by atoms with Crippen LogP contribution in [-0.4, -0.2) is 43.2 Å². The topological polar surface area (TPSA) is 95.3 Å². The number of nitro benzene ring substituents is 1. The monoisotopic (exact) mass is 242 g/mol. The minimum Gasteiger partial charge on any atom is -0.755 e. The number of nitrogens with one attached hydrogen (secondary N) is 1. The minimum atomic E-state index is -2.68. The molecule has 1 unspecified atom stereocenters. The Morgan fingerprint density at radius 1 is 1.47 bits per heavy atom. The zero-order chi connectivity index (χ0) is 10.7. The van der Waals surface area contributed by atoms with Crippen LogP contribution in [0.4, 0.5) is 15.8 Å². The van der Waals surface area contributed by atoms with E-state index >= 15 is 0 Å². The molecular formula is C6H4FN2NaO4S-. The normalized spacial score (nSPS) is 11.3. The first-order chi connectivity index (χ1) is 6.50. The van der Waals surface area contributed by atoms with Crippen molar-refractivity contribution >= 4 is 52.2 Å². The molecule has 1 aromatic rings. The van der Waals surface area contributed by atoms with Gasteiger partial charge in [0.25, 0.3) is 5.69 Å². The molecule has 1 aromatic carbocycles. The molecule has 0 amide bonds. The fraction of sp³-hybridized carbons (Fsp3) is 0. The van der Waals surface area contributed by atoms with Gasteiger partial charge in [-0.2, -0.15) is 0 Å². The summed E-state index contributed by atoms with van der Waals surface area (Å²) in [6.45, 7) is 0. The number of nitro groups is 1. The summed E-state index contributed by atoms with van der Waals surface area (Å²) in [6.07, 6.45) is 0. The Hall–Kier alpha value is -0.540. The van der Waals surface area contributed by atoms with Crippen LogP contribution >= 0.6 is 0 Å². The van der Waals surface area contributed by atoms with Crippen molar-refractivity contribution in [1.82, 2.24) is 0 Å². The van der Waals surface area contributed by atoms with Crippen molar-refractivity contribution in [2.45, 2.75) is 0 Å². The number of anilines is 1. The van der Waals surface area contributed by atoms with Crippen molar-refractivity contribution in [2.24, 2.45) is 0 Å². The molecule has 0 bridgehead atoms. The van der Waals surface area contributed by atoms with Gasteiger partial charge in [-0.25, -0.2) is 4.39 Å². The average molecular weight is 242 g/mol. The van der Waals surface area contributed by atoms with Crippen LogP contribution in [0, 0.1) is 15.9 Å². The molecule has 1 radical (unpaired) electrons.